The second kappa shape index (κ2) is 6.76. The van der Waals surface area contributed by atoms with Crippen molar-refractivity contribution in [1.82, 2.24) is 10.3 Å². The molecule has 0 aliphatic heterocycles. The molecule has 0 amide bonds. The van der Waals surface area contributed by atoms with Gasteiger partial charge >= 0.3 is 0 Å². The molecule has 2 nitrogen and oxygen atoms in total. The SMILES string of the molecule is CCNC(CCSCC)c1nc2c(s1)CCC2. The van der Waals surface area contributed by atoms with Crippen LogP contribution in [0.5, 0.6) is 0 Å². The lowest BCUT2D eigenvalue weighted by Gasteiger charge is -2.14. The van der Waals surface area contributed by atoms with Crippen molar-refractivity contribution in [2.24, 2.45) is 0 Å². The summed E-state index contributed by atoms with van der Waals surface area (Å²) in [5, 5.41) is 4.91. The van der Waals surface area contributed by atoms with Crippen LogP contribution >= 0.6 is 23.1 Å². The zero-order valence-corrected chi connectivity index (χ0v) is 12.4. The Labute approximate surface area is 113 Å². The van der Waals surface area contributed by atoms with Crippen molar-refractivity contribution in [3.63, 3.8) is 0 Å². The molecule has 1 N–H and O–H groups in total. The zero-order chi connectivity index (χ0) is 12.1. The fourth-order valence-corrected chi connectivity index (χ4v) is 4.22. The van der Waals surface area contributed by atoms with Gasteiger partial charge in [0.15, 0.2) is 0 Å². The molecule has 0 spiro atoms. The smallest absolute Gasteiger partial charge is 0.110 e. The molecule has 0 radical (unpaired) electrons. The molecule has 2 rings (SSSR count). The number of hydrogen-bond acceptors (Lipinski definition) is 4. The van der Waals surface area contributed by atoms with Crippen LogP contribution in [-0.4, -0.2) is 23.0 Å². The van der Waals surface area contributed by atoms with E-state index in [2.05, 4.69) is 19.2 Å². The minimum absolute atomic E-state index is 0.481. The van der Waals surface area contributed by atoms with Crippen LogP contribution in [0, 0.1) is 0 Å². The maximum atomic E-state index is 4.84. The van der Waals surface area contributed by atoms with Crippen molar-refractivity contribution in [3.8, 4) is 0 Å². The third-order valence-corrected chi connectivity index (χ3v) is 5.32. The molecule has 1 aliphatic carbocycles. The van der Waals surface area contributed by atoms with E-state index < -0.39 is 0 Å². The molecule has 96 valence electrons. The minimum atomic E-state index is 0.481. The second-order valence-corrected chi connectivity index (χ2v) is 6.88. The number of hydrogen-bond donors (Lipinski definition) is 1. The third-order valence-electron chi connectivity index (χ3n) is 3.12. The Morgan fingerprint density at radius 3 is 3.00 bits per heavy atom. The van der Waals surface area contributed by atoms with Gasteiger partial charge in [-0.25, -0.2) is 4.98 Å². The van der Waals surface area contributed by atoms with E-state index in [1.807, 2.05) is 23.1 Å². The Bertz CT molecular complexity index is 328. The molecular formula is C13H22N2S2. The summed E-state index contributed by atoms with van der Waals surface area (Å²) in [6.45, 7) is 5.44. The molecule has 1 aliphatic rings. The summed E-state index contributed by atoms with van der Waals surface area (Å²) in [7, 11) is 0. The molecular weight excluding hydrogens is 248 g/mol. The van der Waals surface area contributed by atoms with Crippen molar-refractivity contribution in [3.05, 3.63) is 15.6 Å². The normalized spacial score (nSPS) is 16.1. The highest BCUT2D eigenvalue weighted by atomic mass is 32.2. The van der Waals surface area contributed by atoms with Gasteiger partial charge in [-0.1, -0.05) is 13.8 Å². The monoisotopic (exact) mass is 270 g/mol. The van der Waals surface area contributed by atoms with Gasteiger partial charge in [0.2, 0.25) is 0 Å². The molecule has 4 heteroatoms. The van der Waals surface area contributed by atoms with Crippen LogP contribution in [0.1, 0.15) is 48.3 Å². The van der Waals surface area contributed by atoms with E-state index in [0.717, 1.165) is 6.54 Å². The Morgan fingerprint density at radius 2 is 2.29 bits per heavy atom. The van der Waals surface area contributed by atoms with Crippen molar-refractivity contribution in [2.75, 3.05) is 18.1 Å². The van der Waals surface area contributed by atoms with E-state index in [9.17, 15) is 0 Å². The van der Waals surface area contributed by atoms with E-state index in [0.29, 0.717) is 6.04 Å². The van der Waals surface area contributed by atoms with E-state index >= 15 is 0 Å². The Hall–Kier alpha value is -0.0600. The Kier molecular flexibility index (Phi) is 5.32. The van der Waals surface area contributed by atoms with Crippen LogP contribution in [0.3, 0.4) is 0 Å². The van der Waals surface area contributed by atoms with Gasteiger partial charge in [0.25, 0.3) is 0 Å². The Morgan fingerprint density at radius 1 is 1.41 bits per heavy atom. The first-order valence-electron chi connectivity index (χ1n) is 6.64. The third kappa shape index (κ3) is 3.46. The van der Waals surface area contributed by atoms with Crippen LogP contribution in [0.15, 0.2) is 0 Å². The van der Waals surface area contributed by atoms with Crippen molar-refractivity contribution in [1.29, 1.82) is 0 Å². The minimum Gasteiger partial charge on any atom is -0.308 e. The summed E-state index contributed by atoms with van der Waals surface area (Å²) in [5.74, 6) is 2.45. The molecule has 0 bridgehead atoms. The summed E-state index contributed by atoms with van der Waals surface area (Å²) in [6, 6.07) is 0.481. The first-order valence-corrected chi connectivity index (χ1v) is 8.61. The van der Waals surface area contributed by atoms with Gasteiger partial charge in [0.05, 0.1) is 11.7 Å². The van der Waals surface area contributed by atoms with Gasteiger partial charge in [-0.15, -0.1) is 11.3 Å². The largest absolute Gasteiger partial charge is 0.308 e. The van der Waals surface area contributed by atoms with Crippen molar-refractivity contribution in [2.45, 2.75) is 45.6 Å². The lowest BCUT2D eigenvalue weighted by Crippen LogP contribution is -2.21. The molecule has 0 saturated carbocycles. The number of aromatic nitrogens is 1. The summed E-state index contributed by atoms with van der Waals surface area (Å²) in [5.41, 5.74) is 1.39. The van der Waals surface area contributed by atoms with Gasteiger partial charge < -0.3 is 5.32 Å². The maximum absolute atomic E-state index is 4.84. The van der Waals surface area contributed by atoms with Crippen LogP contribution < -0.4 is 5.32 Å². The standard InChI is InChI=1S/C13H22N2S2/c1-3-14-11(8-9-16-4-2)13-15-10-6-5-7-12(10)17-13/h11,14H,3-9H2,1-2H3. The number of aryl methyl sites for hydroxylation is 2. The number of thioether (sulfide) groups is 1. The molecule has 1 aromatic rings. The van der Waals surface area contributed by atoms with Gasteiger partial charge in [-0.3, -0.25) is 0 Å². The summed E-state index contributed by atoms with van der Waals surface area (Å²) < 4.78 is 0. The highest BCUT2D eigenvalue weighted by Gasteiger charge is 2.21. The van der Waals surface area contributed by atoms with Crippen LogP contribution in [0.4, 0.5) is 0 Å². The lowest BCUT2D eigenvalue weighted by atomic mass is 10.2. The highest BCUT2D eigenvalue weighted by molar-refractivity contribution is 7.99. The summed E-state index contributed by atoms with van der Waals surface area (Å²) in [4.78, 5) is 6.38. The fourth-order valence-electron chi connectivity index (χ4n) is 2.26. The second-order valence-electron chi connectivity index (χ2n) is 4.37. The molecule has 0 aromatic carbocycles. The molecule has 0 fully saturated rings. The first-order chi connectivity index (χ1) is 8.35. The van der Waals surface area contributed by atoms with Gasteiger partial charge in [0.1, 0.15) is 5.01 Å². The summed E-state index contributed by atoms with van der Waals surface area (Å²) >= 11 is 3.97. The van der Waals surface area contributed by atoms with Gasteiger partial charge in [-0.05, 0) is 43.7 Å². The Balaban J connectivity index is 1.98. The fraction of sp³-hybridized carbons (Fsp3) is 0.769. The average molecular weight is 270 g/mol. The topological polar surface area (TPSA) is 24.9 Å². The molecule has 1 aromatic heterocycles. The van der Waals surface area contributed by atoms with Crippen LogP contribution in [0.25, 0.3) is 0 Å². The van der Waals surface area contributed by atoms with E-state index in [1.54, 1.807) is 4.88 Å². The predicted molar refractivity (Wildman–Crippen MR) is 78.2 cm³/mol. The van der Waals surface area contributed by atoms with E-state index in [4.69, 9.17) is 4.98 Å². The van der Waals surface area contributed by atoms with Crippen LogP contribution in [0.2, 0.25) is 0 Å². The molecule has 17 heavy (non-hydrogen) atoms. The number of fused-ring (bicyclic) bond motifs is 1. The van der Waals surface area contributed by atoms with E-state index in [1.165, 1.54) is 47.9 Å². The number of nitrogens with one attached hydrogen (secondary N) is 1. The molecule has 1 unspecified atom stereocenters. The number of rotatable bonds is 7. The maximum Gasteiger partial charge on any atom is 0.110 e. The van der Waals surface area contributed by atoms with E-state index in [-0.39, 0.29) is 0 Å². The van der Waals surface area contributed by atoms with Crippen molar-refractivity contribution < 1.29 is 0 Å². The first kappa shape index (κ1) is 13.4. The predicted octanol–water partition coefficient (Wildman–Crippen LogP) is 3.43. The molecule has 1 heterocycles. The molecule has 0 saturated heterocycles. The highest BCUT2D eigenvalue weighted by Crippen LogP contribution is 2.32. The summed E-state index contributed by atoms with van der Waals surface area (Å²) in [6.07, 6.45) is 4.98. The average Bonchev–Trinajstić information content (AvgIpc) is 2.88. The number of nitrogens with zero attached hydrogens (tertiary/aromatic N) is 1. The number of thiazole rings is 1. The molecule has 1 atom stereocenters. The van der Waals surface area contributed by atoms with Gasteiger partial charge in [0, 0.05) is 4.88 Å². The quantitative estimate of drug-likeness (QED) is 0.768. The lowest BCUT2D eigenvalue weighted by molar-refractivity contribution is 0.537. The van der Waals surface area contributed by atoms with Crippen molar-refractivity contribution >= 4 is 23.1 Å². The zero-order valence-electron chi connectivity index (χ0n) is 10.8. The van der Waals surface area contributed by atoms with Crippen LogP contribution in [-0.2, 0) is 12.8 Å². The van der Waals surface area contributed by atoms with Gasteiger partial charge in [-0.2, -0.15) is 11.8 Å².